The van der Waals surface area contributed by atoms with Crippen molar-refractivity contribution in [3.05, 3.63) is 40.6 Å². The Morgan fingerprint density at radius 2 is 2.35 bits per heavy atom. The van der Waals surface area contributed by atoms with Gasteiger partial charge in [0.2, 0.25) is 0 Å². The molecule has 3 rings (SSSR count). The SMILES string of the molecule is N#CCCCn1nc2n(c1=O)C(c1cnccn1)CC2. The van der Waals surface area contributed by atoms with Gasteiger partial charge in [0.15, 0.2) is 0 Å². The van der Waals surface area contributed by atoms with Crippen LogP contribution < -0.4 is 5.69 Å². The highest BCUT2D eigenvalue weighted by Gasteiger charge is 2.29. The molecule has 1 unspecified atom stereocenters. The number of nitrogens with zero attached hydrogens (tertiary/aromatic N) is 6. The zero-order chi connectivity index (χ0) is 13.9. The van der Waals surface area contributed by atoms with Crippen molar-refractivity contribution in [2.24, 2.45) is 0 Å². The van der Waals surface area contributed by atoms with Crippen molar-refractivity contribution in [2.75, 3.05) is 0 Å². The molecule has 0 amide bonds. The lowest BCUT2D eigenvalue weighted by atomic mass is 10.1. The van der Waals surface area contributed by atoms with Crippen molar-refractivity contribution in [1.29, 1.82) is 5.26 Å². The number of rotatable bonds is 4. The van der Waals surface area contributed by atoms with Gasteiger partial charge in [-0.2, -0.15) is 10.4 Å². The van der Waals surface area contributed by atoms with Gasteiger partial charge in [0.1, 0.15) is 5.82 Å². The van der Waals surface area contributed by atoms with Crippen LogP contribution in [0.25, 0.3) is 0 Å². The van der Waals surface area contributed by atoms with Crippen LogP contribution in [0.4, 0.5) is 0 Å². The molecule has 102 valence electrons. The molecule has 1 atom stereocenters. The molecule has 3 heterocycles. The van der Waals surface area contributed by atoms with Crippen LogP contribution in [0.2, 0.25) is 0 Å². The number of unbranched alkanes of at least 4 members (excludes halogenated alkanes) is 1. The molecule has 2 aromatic rings. The van der Waals surface area contributed by atoms with Crippen molar-refractivity contribution in [1.82, 2.24) is 24.3 Å². The van der Waals surface area contributed by atoms with E-state index in [1.165, 1.54) is 4.68 Å². The number of aryl methyl sites for hydroxylation is 2. The van der Waals surface area contributed by atoms with E-state index in [-0.39, 0.29) is 11.7 Å². The highest BCUT2D eigenvalue weighted by Crippen LogP contribution is 2.27. The summed E-state index contributed by atoms with van der Waals surface area (Å²) in [4.78, 5) is 20.7. The number of aromatic nitrogens is 5. The molecular formula is C13H14N6O. The average molecular weight is 270 g/mol. The van der Waals surface area contributed by atoms with E-state index < -0.39 is 0 Å². The van der Waals surface area contributed by atoms with Crippen molar-refractivity contribution < 1.29 is 0 Å². The fourth-order valence-electron chi connectivity index (χ4n) is 2.56. The molecular weight excluding hydrogens is 256 g/mol. The van der Waals surface area contributed by atoms with Gasteiger partial charge in [-0.1, -0.05) is 0 Å². The molecule has 0 saturated carbocycles. The minimum absolute atomic E-state index is 0.0732. The molecule has 0 fully saturated rings. The lowest BCUT2D eigenvalue weighted by Gasteiger charge is -2.10. The van der Waals surface area contributed by atoms with Gasteiger partial charge in [-0.15, -0.1) is 0 Å². The van der Waals surface area contributed by atoms with Gasteiger partial charge in [-0.25, -0.2) is 9.48 Å². The van der Waals surface area contributed by atoms with E-state index in [1.807, 2.05) is 0 Å². The Hall–Kier alpha value is -2.49. The van der Waals surface area contributed by atoms with E-state index in [1.54, 1.807) is 23.2 Å². The maximum atomic E-state index is 12.4. The molecule has 0 saturated heterocycles. The first kappa shape index (κ1) is 12.5. The summed E-state index contributed by atoms with van der Waals surface area (Å²) < 4.78 is 3.16. The number of hydrogen-bond donors (Lipinski definition) is 0. The van der Waals surface area contributed by atoms with E-state index >= 15 is 0 Å². The Kier molecular flexibility index (Phi) is 3.29. The molecule has 0 bridgehead atoms. The predicted molar refractivity (Wildman–Crippen MR) is 69.8 cm³/mol. The Morgan fingerprint density at radius 1 is 1.45 bits per heavy atom. The Bertz CT molecular complexity index is 696. The van der Waals surface area contributed by atoms with Gasteiger partial charge < -0.3 is 0 Å². The van der Waals surface area contributed by atoms with Gasteiger partial charge in [0.25, 0.3) is 0 Å². The second kappa shape index (κ2) is 5.25. The molecule has 20 heavy (non-hydrogen) atoms. The van der Waals surface area contributed by atoms with Crippen LogP contribution >= 0.6 is 0 Å². The lowest BCUT2D eigenvalue weighted by Crippen LogP contribution is -2.27. The van der Waals surface area contributed by atoms with Crippen LogP contribution in [0.1, 0.15) is 36.8 Å². The quantitative estimate of drug-likeness (QED) is 0.762. The zero-order valence-electron chi connectivity index (χ0n) is 10.9. The number of nitriles is 1. The molecule has 7 heteroatoms. The second-order valence-electron chi connectivity index (χ2n) is 4.74. The van der Waals surface area contributed by atoms with E-state index in [2.05, 4.69) is 21.1 Å². The molecule has 1 aliphatic heterocycles. The summed E-state index contributed by atoms with van der Waals surface area (Å²) in [7, 11) is 0. The molecule has 1 aliphatic rings. The summed E-state index contributed by atoms with van der Waals surface area (Å²) >= 11 is 0. The summed E-state index contributed by atoms with van der Waals surface area (Å²) in [6.07, 6.45) is 7.62. The van der Waals surface area contributed by atoms with E-state index in [0.717, 1.165) is 24.4 Å². The Balaban J connectivity index is 1.90. The van der Waals surface area contributed by atoms with Gasteiger partial charge in [-0.3, -0.25) is 14.5 Å². The lowest BCUT2D eigenvalue weighted by molar-refractivity contribution is 0.517. The summed E-state index contributed by atoms with van der Waals surface area (Å²) in [5, 5.41) is 12.9. The standard InChI is InChI=1S/C13H14N6O/c14-5-1-2-8-18-13(20)19-11(3-4-12(19)17-18)10-9-15-6-7-16-10/h6-7,9,11H,1-4,8H2. The molecule has 0 spiro atoms. The summed E-state index contributed by atoms with van der Waals surface area (Å²) in [6.45, 7) is 0.486. The number of hydrogen-bond acceptors (Lipinski definition) is 5. The van der Waals surface area contributed by atoms with Gasteiger partial charge in [-0.05, 0) is 12.8 Å². The first-order valence-corrected chi connectivity index (χ1v) is 6.62. The first-order chi connectivity index (χ1) is 9.81. The van der Waals surface area contributed by atoms with Crippen molar-refractivity contribution in [3.8, 4) is 6.07 Å². The molecule has 7 nitrogen and oxygen atoms in total. The first-order valence-electron chi connectivity index (χ1n) is 6.62. The van der Waals surface area contributed by atoms with E-state index in [4.69, 9.17) is 5.26 Å². The molecule has 0 aliphatic carbocycles. The van der Waals surface area contributed by atoms with Crippen LogP contribution in [0, 0.1) is 11.3 Å². The van der Waals surface area contributed by atoms with Crippen LogP contribution in [0.15, 0.2) is 23.4 Å². The topological polar surface area (TPSA) is 89.4 Å². The van der Waals surface area contributed by atoms with Crippen LogP contribution in [0.5, 0.6) is 0 Å². The summed E-state index contributed by atoms with van der Waals surface area (Å²) in [5.74, 6) is 0.794. The van der Waals surface area contributed by atoms with Gasteiger partial charge in [0.05, 0.1) is 24.0 Å². The predicted octanol–water partition coefficient (Wildman–Crippen LogP) is 0.674. The zero-order valence-corrected chi connectivity index (χ0v) is 10.9. The van der Waals surface area contributed by atoms with E-state index in [0.29, 0.717) is 19.4 Å². The molecule has 0 aromatic carbocycles. The fourth-order valence-corrected chi connectivity index (χ4v) is 2.56. The monoisotopic (exact) mass is 270 g/mol. The smallest absolute Gasteiger partial charge is 0.270 e. The summed E-state index contributed by atoms with van der Waals surface area (Å²) in [5.41, 5.74) is 0.677. The average Bonchev–Trinajstić information content (AvgIpc) is 3.02. The van der Waals surface area contributed by atoms with Crippen molar-refractivity contribution in [3.63, 3.8) is 0 Å². The Labute approximate surface area is 115 Å². The maximum Gasteiger partial charge on any atom is 0.346 e. The van der Waals surface area contributed by atoms with Gasteiger partial charge in [0, 0.05) is 31.8 Å². The molecule has 2 aromatic heterocycles. The van der Waals surface area contributed by atoms with Crippen molar-refractivity contribution >= 4 is 0 Å². The fraction of sp³-hybridized carbons (Fsp3) is 0.462. The highest BCUT2D eigenvalue weighted by molar-refractivity contribution is 5.12. The largest absolute Gasteiger partial charge is 0.346 e. The van der Waals surface area contributed by atoms with Crippen LogP contribution in [-0.2, 0) is 13.0 Å². The van der Waals surface area contributed by atoms with E-state index in [9.17, 15) is 4.79 Å². The highest BCUT2D eigenvalue weighted by atomic mass is 16.2. The molecule has 0 radical (unpaired) electrons. The van der Waals surface area contributed by atoms with Crippen molar-refractivity contribution in [2.45, 2.75) is 38.3 Å². The second-order valence-corrected chi connectivity index (χ2v) is 4.74. The minimum Gasteiger partial charge on any atom is -0.270 e. The summed E-state index contributed by atoms with van der Waals surface area (Å²) in [6, 6.07) is 2.00. The third-order valence-corrected chi connectivity index (χ3v) is 3.48. The number of fused-ring (bicyclic) bond motifs is 1. The molecule has 0 N–H and O–H groups in total. The normalized spacial score (nSPS) is 16.9. The van der Waals surface area contributed by atoms with Gasteiger partial charge >= 0.3 is 5.69 Å². The van der Waals surface area contributed by atoms with Crippen LogP contribution in [0.3, 0.4) is 0 Å². The third-order valence-electron chi connectivity index (χ3n) is 3.48. The Morgan fingerprint density at radius 3 is 3.10 bits per heavy atom. The van der Waals surface area contributed by atoms with Crippen LogP contribution in [-0.4, -0.2) is 24.3 Å². The minimum atomic E-state index is -0.119. The third kappa shape index (κ3) is 2.09. The maximum absolute atomic E-state index is 12.4.